The third-order valence-electron chi connectivity index (χ3n) is 3.96. The summed E-state index contributed by atoms with van der Waals surface area (Å²) in [6.45, 7) is 1.16. The molecule has 3 rings (SSSR count). The number of fused-ring (bicyclic) bond motifs is 1. The van der Waals surface area contributed by atoms with Crippen molar-refractivity contribution in [3.63, 3.8) is 0 Å². The van der Waals surface area contributed by atoms with Gasteiger partial charge in [-0.15, -0.1) is 0 Å². The van der Waals surface area contributed by atoms with E-state index in [1.165, 1.54) is 4.90 Å². The minimum atomic E-state index is -0.836. The van der Waals surface area contributed by atoms with E-state index in [2.05, 4.69) is 16.0 Å². The zero-order valence-electron chi connectivity index (χ0n) is 11.4. The first kappa shape index (κ1) is 12.7. The molecule has 2 heterocycles. The van der Waals surface area contributed by atoms with E-state index >= 15 is 0 Å². The van der Waals surface area contributed by atoms with E-state index in [0.717, 1.165) is 23.0 Å². The molecule has 1 aromatic carbocycles. The van der Waals surface area contributed by atoms with Gasteiger partial charge in [0.1, 0.15) is 0 Å². The van der Waals surface area contributed by atoms with Crippen molar-refractivity contribution in [2.24, 2.45) is 0 Å². The number of para-hydroxylation sites is 1. The molecule has 1 aliphatic rings. The molecule has 5 heteroatoms. The van der Waals surface area contributed by atoms with Gasteiger partial charge >= 0.3 is 6.09 Å². The summed E-state index contributed by atoms with van der Waals surface area (Å²) in [7, 11) is 2.00. The van der Waals surface area contributed by atoms with Crippen LogP contribution < -0.4 is 4.90 Å². The largest absolute Gasteiger partial charge is 0.465 e. The predicted molar refractivity (Wildman–Crippen MR) is 78.1 cm³/mol. The first-order chi connectivity index (χ1) is 9.65. The van der Waals surface area contributed by atoms with E-state index < -0.39 is 6.09 Å². The molecule has 1 N–H and O–H groups in total. The van der Waals surface area contributed by atoms with E-state index in [-0.39, 0.29) is 6.04 Å². The van der Waals surface area contributed by atoms with Gasteiger partial charge in [0, 0.05) is 31.6 Å². The number of carboxylic acid groups (broad SMARTS) is 1. The molecule has 20 heavy (non-hydrogen) atoms. The van der Waals surface area contributed by atoms with E-state index in [4.69, 9.17) is 5.11 Å². The second-order valence-electron chi connectivity index (χ2n) is 5.17. The molecule has 0 saturated carbocycles. The summed E-state index contributed by atoms with van der Waals surface area (Å²) >= 11 is 0. The van der Waals surface area contributed by atoms with Crippen LogP contribution in [0.5, 0.6) is 0 Å². The maximum atomic E-state index is 11.0. The highest BCUT2D eigenvalue weighted by Crippen LogP contribution is 2.24. The molecule has 1 atom stereocenters. The van der Waals surface area contributed by atoms with Gasteiger partial charge in [0.2, 0.25) is 0 Å². The second kappa shape index (κ2) is 5.00. The Labute approximate surface area is 117 Å². The lowest BCUT2D eigenvalue weighted by atomic mass is 10.1. The highest BCUT2D eigenvalue weighted by molar-refractivity contribution is 5.81. The zero-order valence-corrected chi connectivity index (χ0v) is 11.4. The van der Waals surface area contributed by atoms with Gasteiger partial charge in [0.05, 0.1) is 17.4 Å². The van der Waals surface area contributed by atoms with Crippen LogP contribution in [0.1, 0.15) is 6.42 Å². The Kier molecular flexibility index (Phi) is 3.18. The molecule has 0 aliphatic carbocycles. The monoisotopic (exact) mass is 271 g/mol. The summed E-state index contributed by atoms with van der Waals surface area (Å²) in [5.74, 6) is 0. The maximum absolute atomic E-state index is 11.0. The van der Waals surface area contributed by atoms with Crippen LogP contribution in [0.3, 0.4) is 0 Å². The number of benzene rings is 1. The second-order valence-corrected chi connectivity index (χ2v) is 5.17. The fourth-order valence-corrected chi connectivity index (χ4v) is 2.69. The van der Waals surface area contributed by atoms with Crippen molar-refractivity contribution in [2.45, 2.75) is 12.5 Å². The molecule has 1 amide bonds. The molecular formula is C15H17N3O2. The number of nitrogens with zero attached hydrogens (tertiary/aromatic N) is 3. The summed E-state index contributed by atoms with van der Waals surface area (Å²) in [6.07, 6.45) is 1.87. The molecule has 2 aromatic rings. The van der Waals surface area contributed by atoms with Gasteiger partial charge in [-0.3, -0.25) is 4.98 Å². The number of rotatable bonds is 2. The summed E-state index contributed by atoms with van der Waals surface area (Å²) in [5.41, 5.74) is 2.00. The fourth-order valence-electron chi connectivity index (χ4n) is 2.69. The molecule has 0 radical (unpaired) electrons. The lowest BCUT2D eigenvalue weighted by Crippen LogP contribution is -2.36. The number of carbonyl (C=O) groups is 1. The standard InChI is InChI=1S/C15H17N3O2/c1-17(12-6-7-18(10-12)15(19)20)13-8-11-4-2-3-5-14(11)16-9-13/h2-5,8-9,12H,6-7,10H2,1H3,(H,19,20)/t12-/m0/s1. The maximum Gasteiger partial charge on any atom is 0.407 e. The number of amides is 1. The number of anilines is 1. The van der Waals surface area contributed by atoms with Crippen molar-refractivity contribution >= 4 is 22.7 Å². The van der Waals surface area contributed by atoms with Crippen LogP contribution in [0, 0.1) is 0 Å². The Morgan fingerprint density at radius 3 is 3.00 bits per heavy atom. The summed E-state index contributed by atoms with van der Waals surface area (Å²) in [6, 6.07) is 10.3. The van der Waals surface area contributed by atoms with E-state index in [9.17, 15) is 4.79 Å². The summed E-state index contributed by atoms with van der Waals surface area (Å²) in [5, 5.41) is 10.1. The summed E-state index contributed by atoms with van der Waals surface area (Å²) in [4.78, 5) is 19.0. The minimum absolute atomic E-state index is 0.217. The fraction of sp³-hybridized carbons (Fsp3) is 0.333. The van der Waals surface area contributed by atoms with Gasteiger partial charge in [-0.2, -0.15) is 0 Å². The van der Waals surface area contributed by atoms with Crippen molar-refractivity contribution in [2.75, 3.05) is 25.0 Å². The molecule has 1 aromatic heterocycles. The van der Waals surface area contributed by atoms with Crippen molar-refractivity contribution in [1.82, 2.24) is 9.88 Å². The third kappa shape index (κ3) is 2.27. The Morgan fingerprint density at radius 2 is 2.25 bits per heavy atom. The first-order valence-corrected chi connectivity index (χ1v) is 6.70. The Bertz CT molecular complexity index is 644. The van der Waals surface area contributed by atoms with Gasteiger partial charge in [0.25, 0.3) is 0 Å². The topological polar surface area (TPSA) is 56.7 Å². The van der Waals surface area contributed by atoms with Crippen molar-refractivity contribution in [3.05, 3.63) is 36.5 Å². The van der Waals surface area contributed by atoms with E-state index in [0.29, 0.717) is 13.1 Å². The van der Waals surface area contributed by atoms with Gasteiger partial charge in [-0.1, -0.05) is 18.2 Å². The lowest BCUT2D eigenvalue weighted by molar-refractivity contribution is 0.155. The average molecular weight is 271 g/mol. The Hall–Kier alpha value is -2.30. The van der Waals surface area contributed by atoms with Gasteiger partial charge in [0.15, 0.2) is 0 Å². The number of hydrogen-bond donors (Lipinski definition) is 1. The van der Waals surface area contributed by atoms with Crippen LogP contribution in [0.25, 0.3) is 10.9 Å². The molecule has 1 fully saturated rings. The number of hydrogen-bond acceptors (Lipinski definition) is 3. The van der Waals surface area contributed by atoms with Gasteiger partial charge in [-0.05, 0) is 18.6 Å². The first-order valence-electron chi connectivity index (χ1n) is 6.70. The molecule has 0 unspecified atom stereocenters. The minimum Gasteiger partial charge on any atom is -0.465 e. The average Bonchev–Trinajstić information content (AvgIpc) is 2.96. The summed E-state index contributed by atoms with van der Waals surface area (Å²) < 4.78 is 0. The van der Waals surface area contributed by atoms with Crippen molar-refractivity contribution in [1.29, 1.82) is 0 Å². The highest BCUT2D eigenvalue weighted by Gasteiger charge is 2.28. The van der Waals surface area contributed by atoms with Crippen LogP contribution in [-0.2, 0) is 0 Å². The van der Waals surface area contributed by atoms with E-state index in [1.54, 1.807) is 0 Å². The third-order valence-corrected chi connectivity index (χ3v) is 3.96. The Morgan fingerprint density at radius 1 is 1.45 bits per heavy atom. The number of aromatic nitrogens is 1. The molecule has 1 saturated heterocycles. The Balaban J connectivity index is 1.82. The quantitative estimate of drug-likeness (QED) is 0.911. The van der Waals surface area contributed by atoms with Gasteiger partial charge < -0.3 is 14.9 Å². The molecule has 104 valence electrons. The van der Waals surface area contributed by atoms with Crippen LogP contribution in [0.2, 0.25) is 0 Å². The molecular weight excluding hydrogens is 254 g/mol. The molecule has 5 nitrogen and oxygen atoms in total. The SMILES string of the molecule is CN(c1cnc2ccccc2c1)[C@H]1CCN(C(=O)O)C1. The molecule has 0 bridgehead atoms. The number of likely N-dealkylation sites (tertiary alicyclic amines) is 1. The van der Waals surface area contributed by atoms with Crippen LogP contribution in [0.15, 0.2) is 36.5 Å². The lowest BCUT2D eigenvalue weighted by Gasteiger charge is -2.26. The molecule has 1 aliphatic heterocycles. The van der Waals surface area contributed by atoms with Crippen LogP contribution in [0.4, 0.5) is 10.5 Å². The van der Waals surface area contributed by atoms with Crippen LogP contribution in [-0.4, -0.2) is 47.3 Å². The predicted octanol–water partition coefficient (Wildman–Crippen LogP) is 2.42. The van der Waals surface area contributed by atoms with Crippen LogP contribution >= 0.6 is 0 Å². The van der Waals surface area contributed by atoms with Crippen molar-refractivity contribution in [3.8, 4) is 0 Å². The number of likely N-dealkylation sites (N-methyl/N-ethyl adjacent to an activating group) is 1. The number of pyridine rings is 1. The highest BCUT2D eigenvalue weighted by atomic mass is 16.4. The van der Waals surface area contributed by atoms with Gasteiger partial charge in [-0.25, -0.2) is 4.79 Å². The zero-order chi connectivity index (χ0) is 14.1. The van der Waals surface area contributed by atoms with Crippen molar-refractivity contribution < 1.29 is 9.90 Å². The smallest absolute Gasteiger partial charge is 0.407 e. The normalized spacial score (nSPS) is 18.4. The van der Waals surface area contributed by atoms with E-state index in [1.807, 2.05) is 37.5 Å². The molecule has 0 spiro atoms.